The van der Waals surface area contributed by atoms with Crippen molar-refractivity contribution in [3.05, 3.63) is 95.1 Å². The summed E-state index contributed by atoms with van der Waals surface area (Å²) in [5.41, 5.74) is 4.26. The van der Waals surface area contributed by atoms with Crippen molar-refractivity contribution >= 4 is 5.76 Å². The molecule has 0 radical (unpaired) electrons. The normalized spacial score (nSPS) is 17.7. The van der Waals surface area contributed by atoms with Gasteiger partial charge in [0, 0.05) is 12.0 Å². The minimum Gasteiger partial charge on any atom is -0.508 e. The average Bonchev–Trinajstić information content (AvgIpc) is 2.67. The molecule has 122 valence electrons. The Morgan fingerprint density at radius 2 is 1.52 bits per heavy atom. The molecule has 2 aliphatic rings. The van der Waals surface area contributed by atoms with Crippen LogP contribution in [0.3, 0.4) is 0 Å². The maximum Gasteiger partial charge on any atom is 0.149 e. The Labute approximate surface area is 145 Å². The molecule has 0 saturated carbocycles. The quantitative estimate of drug-likeness (QED) is 0.692. The highest BCUT2D eigenvalue weighted by Crippen LogP contribution is 2.47. The van der Waals surface area contributed by atoms with Gasteiger partial charge in [0.1, 0.15) is 29.1 Å². The number of ether oxygens (including phenoxy) is 2. The summed E-state index contributed by atoms with van der Waals surface area (Å²) >= 11 is 0. The van der Waals surface area contributed by atoms with Crippen LogP contribution >= 0.6 is 0 Å². The van der Waals surface area contributed by atoms with E-state index in [0.717, 1.165) is 45.9 Å². The van der Waals surface area contributed by atoms with Gasteiger partial charge in [-0.15, -0.1) is 0 Å². The molecule has 2 aliphatic heterocycles. The molecule has 1 atom stereocenters. The molecule has 0 fully saturated rings. The van der Waals surface area contributed by atoms with Crippen LogP contribution in [0.2, 0.25) is 0 Å². The van der Waals surface area contributed by atoms with E-state index >= 15 is 0 Å². The van der Waals surface area contributed by atoms with E-state index in [1.54, 1.807) is 12.1 Å². The van der Waals surface area contributed by atoms with Crippen LogP contribution in [-0.4, -0.2) is 5.11 Å². The first kappa shape index (κ1) is 14.2. The van der Waals surface area contributed by atoms with Crippen molar-refractivity contribution < 1.29 is 14.6 Å². The van der Waals surface area contributed by atoms with Gasteiger partial charge in [-0.05, 0) is 41.5 Å². The van der Waals surface area contributed by atoms with Gasteiger partial charge in [-0.2, -0.15) is 0 Å². The first-order chi connectivity index (χ1) is 12.3. The lowest BCUT2D eigenvalue weighted by molar-refractivity contribution is 0.225. The third-order valence-electron chi connectivity index (χ3n) is 4.75. The zero-order chi connectivity index (χ0) is 16.8. The summed E-state index contributed by atoms with van der Waals surface area (Å²) in [6.45, 7) is 0. The second kappa shape index (κ2) is 5.42. The number of phenols is 1. The van der Waals surface area contributed by atoms with Gasteiger partial charge in [-0.25, -0.2) is 0 Å². The van der Waals surface area contributed by atoms with Gasteiger partial charge in [0.15, 0.2) is 0 Å². The summed E-state index contributed by atoms with van der Waals surface area (Å²) in [6, 6.07) is 23.3. The van der Waals surface area contributed by atoms with Crippen molar-refractivity contribution in [1.82, 2.24) is 0 Å². The first-order valence-electron chi connectivity index (χ1n) is 8.33. The zero-order valence-corrected chi connectivity index (χ0v) is 13.5. The Balaban J connectivity index is 1.68. The van der Waals surface area contributed by atoms with Crippen LogP contribution in [0.4, 0.5) is 0 Å². The maximum atomic E-state index is 9.60. The first-order valence-corrected chi connectivity index (χ1v) is 8.33. The van der Waals surface area contributed by atoms with Gasteiger partial charge < -0.3 is 14.6 Å². The monoisotopic (exact) mass is 328 g/mol. The van der Waals surface area contributed by atoms with Crippen LogP contribution in [0.1, 0.15) is 22.8 Å². The summed E-state index contributed by atoms with van der Waals surface area (Å²) in [6.07, 6.45) is 0.560. The van der Waals surface area contributed by atoms with E-state index in [1.165, 1.54) is 0 Å². The van der Waals surface area contributed by atoms with E-state index in [9.17, 15) is 5.11 Å². The number of hydrogen-bond acceptors (Lipinski definition) is 3. The molecule has 25 heavy (non-hydrogen) atoms. The van der Waals surface area contributed by atoms with E-state index in [4.69, 9.17) is 9.47 Å². The minimum absolute atomic E-state index is 0.223. The lowest BCUT2D eigenvalue weighted by Gasteiger charge is -2.34. The van der Waals surface area contributed by atoms with Crippen LogP contribution in [0.25, 0.3) is 5.76 Å². The number of hydrogen-bond donors (Lipinski definition) is 1. The molecular formula is C22H16O3. The molecular weight excluding hydrogens is 312 g/mol. The van der Waals surface area contributed by atoms with E-state index in [0.29, 0.717) is 0 Å². The predicted octanol–water partition coefficient (Wildman–Crippen LogP) is 4.87. The summed E-state index contributed by atoms with van der Waals surface area (Å²) in [7, 11) is 0. The van der Waals surface area contributed by atoms with E-state index in [2.05, 4.69) is 6.07 Å². The van der Waals surface area contributed by atoms with Crippen LogP contribution in [0, 0.1) is 0 Å². The van der Waals surface area contributed by atoms with Gasteiger partial charge in [0.2, 0.25) is 0 Å². The molecule has 0 spiro atoms. The summed E-state index contributed by atoms with van der Waals surface area (Å²) < 4.78 is 12.6. The predicted molar refractivity (Wildman–Crippen MR) is 95.6 cm³/mol. The molecule has 0 bridgehead atoms. The highest BCUT2D eigenvalue weighted by molar-refractivity contribution is 5.75. The van der Waals surface area contributed by atoms with Crippen LogP contribution in [0.15, 0.2) is 78.4 Å². The Morgan fingerprint density at radius 3 is 2.36 bits per heavy atom. The lowest BCUT2D eigenvalue weighted by atomic mass is 9.88. The van der Waals surface area contributed by atoms with Crippen molar-refractivity contribution in [3.8, 4) is 17.2 Å². The molecule has 3 heteroatoms. The largest absolute Gasteiger partial charge is 0.508 e. The lowest BCUT2D eigenvalue weighted by Crippen LogP contribution is -2.23. The van der Waals surface area contributed by atoms with Crippen LogP contribution < -0.4 is 9.47 Å². The standard InChI is InChI=1S/C22H16O3/c23-16-11-9-14(10-12-16)21-18-13-15-5-1-3-7-19(15)24-22(18)17-6-2-4-8-20(17)25-21/h1-12,21,23H,13H2. The summed E-state index contributed by atoms with van der Waals surface area (Å²) in [5.74, 6) is 2.86. The topological polar surface area (TPSA) is 38.7 Å². The number of phenolic OH excluding ortho intramolecular Hbond substituents is 1. The molecule has 0 aliphatic carbocycles. The SMILES string of the molecule is Oc1ccc(C2Oc3ccccc3C3=C2Cc2ccccc2O3)cc1. The number of fused-ring (bicyclic) bond motifs is 3. The second-order valence-corrected chi connectivity index (χ2v) is 6.33. The fraction of sp³-hybridized carbons (Fsp3) is 0.0909. The molecule has 2 heterocycles. The highest BCUT2D eigenvalue weighted by atomic mass is 16.5. The number of para-hydroxylation sites is 2. The Bertz CT molecular complexity index is 986. The van der Waals surface area contributed by atoms with Crippen molar-refractivity contribution in [2.75, 3.05) is 0 Å². The third kappa shape index (κ3) is 2.28. The molecule has 0 aromatic heterocycles. The highest BCUT2D eigenvalue weighted by Gasteiger charge is 2.34. The second-order valence-electron chi connectivity index (χ2n) is 6.33. The maximum absolute atomic E-state index is 9.60. The number of aromatic hydroxyl groups is 1. The molecule has 1 unspecified atom stereocenters. The van der Waals surface area contributed by atoms with Gasteiger partial charge in [-0.3, -0.25) is 0 Å². The molecule has 3 aromatic rings. The third-order valence-corrected chi connectivity index (χ3v) is 4.75. The van der Waals surface area contributed by atoms with E-state index in [-0.39, 0.29) is 11.9 Å². The zero-order valence-electron chi connectivity index (χ0n) is 13.5. The van der Waals surface area contributed by atoms with Crippen molar-refractivity contribution in [1.29, 1.82) is 0 Å². The molecule has 0 amide bonds. The van der Waals surface area contributed by atoms with Gasteiger partial charge in [-0.1, -0.05) is 42.5 Å². The number of benzene rings is 3. The van der Waals surface area contributed by atoms with Crippen LogP contribution in [0.5, 0.6) is 17.2 Å². The molecule has 3 nitrogen and oxygen atoms in total. The molecule has 0 saturated heterocycles. The smallest absolute Gasteiger partial charge is 0.149 e. The summed E-state index contributed by atoms with van der Waals surface area (Å²) in [4.78, 5) is 0. The van der Waals surface area contributed by atoms with Gasteiger partial charge in [0.05, 0.1) is 5.56 Å². The fourth-order valence-electron chi connectivity index (χ4n) is 3.52. The minimum atomic E-state index is -0.223. The van der Waals surface area contributed by atoms with E-state index < -0.39 is 0 Å². The summed E-state index contributed by atoms with van der Waals surface area (Å²) in [5, 5.41) is 9.60. The Kier molecular flexibility index (Phi) is 3.07. The van der Waals surface area contributed by atoms with Crippen molar-refractivity contribution in [3.63, 3.8) is 0 Å². The van der Waals surface area contributed by atoms with Crippen molar-refractivity contribution in [2.45, 2.75) is 12.5 Å². The molecule has 3 aromatic carbocycles. The van der Waals surface area contributed by atoms with E-state index in [1.807, 2.05) is 54.6 Å². The Hall–Kier alpha value is -3.20. The van der Waals surface area contributed by atoms with Crippen LogP contribution in [-0.2, 0) is 6.42 Å². The molecule has 5 rings (SSSR count). The van der Waals surface area contributed by atoms with Crippen molar-refractivity contribution in [2.24, 2.45) is 0 Å². The number of rotatable bonds is 1. The van der Waals surface area contributed by atoms with Gasteiger partial charge >= 0.3 is 0 Å². The Morgan fingerprint density at radius 1 is 0.800 bits per heavy atom. The average molecular weight is 328 g/mol. The van der Waals surface area contributed by atoms with Gasteiger partial charge in [0.25, 0.3) is 0 Å². The fourth-order valence-corrected chi connectivity index (χ4v) is 3.52. The molecule has 1 N–H and O–H groups in total.